The number of likely N-dealkylation sites (tertiary alicyclic amines) is 1. The van der Waals surface area contributed by atoms with Gasteiger partial charge in [-0.25, -0.2) is 0 Å². The van der Waals surface area contributed by atoms with Crippen molar-refractivity contribution in [2.45, 2.75) is 25.7 Å². The van der Waals surface area contributed by atoms with Gasteiger partial charge in [-0.3, -0.25) is 9.59 Å². The van der Waals surface area contributed by atoms with Crippen LogP contribution in [0.2, 0.25) is 5.02 Å². The molecule has 0 N–H and O–H groups in total. The van der Waals surface area contributed by atoms with E-state index in [9.17, 15) is 9.59 Å². The summed E-state index contributed by atoms with van der Waals surface area (Å²) in [6.07, 6.45) is 2.78. The van der Waals surface area contributed by atoms with Crippen LogP contribution in [0.15, 0.2) is 59.1 Å². The number of piperidine rings is 1. The van der Waals surface area contributed by atoms with Crippen molar-refractivity contribution in [1.29, 1.82) is 0 Å². The molecule has 0 atom stereocenters. The lowest BCUT2D eigenvalue weighted by molar-refractivity contribution is -0.135. The number of hydrogen-bond donors (Lipinski definition) is 0. The van der Waals surface area contributed by atoms with Gasteiger partial charge in [0, 0.05) is 55.7 Å². The minimum atomic E-state index is -0.120. The Hall–Kier alpha value is -3.32. The highest BCUT2D eigenvalue weighted by Gasteiger charge is 2.30. The van der Waals surface area contributed by atoms with Gasteiger partial charge in [-0.05, 0) is 37.5 Å². The fourth-order valence-electron chi connectivity index (χ4n) is 4.44. The molecule has 1 aromatic heterocycles. The minimum Gasteiger partial charge on any atom is -0.496 e. The number of methoxy groups -OCH3 is 1. The van der Waals surface area contributed by atoms with E-state index in [4.69, 9.17) is 20.9 Å². The second kappa shape index (κ2) is 11.4. The molecule has 0 saturated carbocycles. The van der Waals surface area contributed by atoms with Crippen LogP contribution in [0.4, 0.5) is 0 Å². The third-order valence-corrected chi connectivity index (χ3v) is 6.68. The molecular weight excluding hydrogens is 466 g/mol. The molecule has 3 aromatic rings. The first-order valence-electron chi connectivity index (χ1n) is 11.8. The van der Waals surface area contributed by atoms with E-state index < -0.39 is 0 Å². The molecule has 0 radical (unpaired) electrons. The van der Waals surface area contributed by atoms with Gasteiger partial charge in [0.15, 0.2) is 0 Å². The second-order valence-electron chi connectivity index (χ2n) is 8.82. The summed E-state index contributed by atoms with van der Waals surface area (Å²) in [4.78, 5) is 29.5. The topological polar surface area (TPSA) is 75.9 Å². The van der Waals surface area contributed by atoms with Crippen molar-refractivity contribution < 1.29 is 18.8 Å². The lowest BCUT2D eigenvalue weighted by Gasteiger charge is -2.33. The van der Waals surface area contributed by atoms with E-state index in [1.165, 1.54) is 7.11 Å². The number of ether oxygens (including phenoxy) is 1. The minimum absolute atomic E-state index is 0.0831. The number of hydrogen-bond acceptors (Lipinski definition) is 5. The maximum atomic E-state index is 13.0. The van der Waals surface area contributed by atoms with Crippen LogP contribution < -0.4 is 4.74 Å². The fourth-order valence-corrected chi connectivity index (χ4v) is 4.61. The summed E-state index contributed by atoms with van der Waals surface area (Å²) in [6.45, 7) is 1.69. The normalized spacial score (nSPS) is 14.1. The van der Waals surface area contributed by atoms with Gasteiger partial charge in [-0.15, -0.1) is 0 Å². The standard InChI is InChI=1S/C27H30ClN3O4/c1-30(14-6-9-22-18-24(29-35-22)19-7-4-3-5-8-19)26(32)20-12-15-31(16-13-20)27(33)23-17-21(28)10-11-25(23)34-2/h3-5,7-8,10-11,17-18,20H,6,9,12-16H2,1-2H3. The van der Waals surface area contributed by atoms with Gasteiger partial charge >= 0.3 is 0 Å². The van der Waals surface area contributed by atoms with Gasteiger partial charge in [-0.1, -0.05) is 47.1 Å². The zero-order valence-electron chi connectivity index (χ0n) is 20.1. The van der Waals surface area contributed by atoms with E-state index >= 15 is 0 Å². The van der Waals surface area contributed by atoms with Gasteiger partial charge in [0.05, 0.1) is 12.7 Å². The van der Waals surface area contributed by atoms with Crippen LogP contribution in [-0.4, -0.2) is 60.6 Å². The Morgan fingerprint density at radius 1 is 1.14 bits per heavy atom. The Labute approximate surface area is 210 Å². The Kier molecular flexibility index (Phi) is 8.08. The molecule has 2 aromatic carbocycles. The van der Waals surface area contributed by atoms with Crippen molar-refractivity contribution in [2.75, 3.05) is 33.8 Å². The quantitative estimate of drug-likeness (QED) is 0.442. The summed E-state index contributed by atoms with van der Waals surface area (Å²) in [5.74, 6) is 1.23. The molecule has 0 spiro atoms. The molecule has 0 unspecified atom stereocenters. The average Bonchev–Trinajstić information content (AvgIpc) is 3.37. The molecule has 0 aliphatic carbocycles. The largest absolute Gasteiger partial charge is 0.496 e. The van der Waals surface area contributed by atoms with Crippen LogP contribution in [-0.2, 0) is 11.2 Å². The lowest BCUT2D eigenvalue weighted by atomic mass is 9.94. The molecule has 4 rings (SSSR count). The molecule has 0 bridgehead atoms. The van der Waals surface area contributed by atoms with Crippen molar-refractivity contribution >= 4 is 23.4 Å². The van der Waals surface area contributed by atoms with Crippen molar-refractivity contribution in [2.24, 2.45) is 5.92 Å². The second-order valence-corrected chi connectivity index (χ2v) is 9.26. The molecule has 8 heteroatoms. The van der Waals surface area contributed by atoms with Crippen molar-refractivity contribution in [3.8, 4) is 17.0 Å². The van der Waals surface area contributed by atoms with E-state index in [-0.39, 0.29) is 17.7 Å². The number of aromatic nitrogens is 1. The zero-order valence-corrected chi connectivity index (χ0v) is 20.8. The molecule has 184 valence electrons. The summed E-state index contributed by atoms with van der Waals surface area (Å²) in [5.41, 5.74) is 2.29. The number of carbonyl (C=O) groups excluding carboxylic acids is 2. The first kappa shape index (κ1) is 24.8. The third kappa shape index (κ3) is 6.03. The molecule has 1 aliphatic heterocycles. The van der Waals surface area contributed by atoms with Crippen LogP contribution in [0.1, 0.15) is 35.4 Å². The molecular formula is C27H30ClN3O4. The fraction of sp³-hybridized carbons (Fsp3) is 0.370. The highest BCUT2D eigenvalue weighted by Crippen LogP contribution is 2.27. The first-order chi connectivity index (χ1) is 17.0. The number of aryl methyl sites for hydroxylation is 1. The zero-order chi connectivity index (χ0) is 24.8. The Balaban J connectivity index is 1.24. The van der Waals surface area contributed by atoms with E-state index in [1.807, 2.05) is 43.4 Å². The van der Waals surface area contributed by atoms with E-state index in [0.29, 0.717) is 55.2 Å². The van der Waals surface area contributed by atoms with Crippen LogP contribution >= 0.6 is 11.6 Å². The summed E-state index contributed by atoms with van der Waals surface area (Å²) < 4.78 is 10.8. The summed E-state index contributed by atoms with van der Waals surface area (Å²) in [5, 5.41) is 4.64. The Bertz CT molecular complexity index is 1160. The molecule has 2 heterocycles. The number of benzene rings is 2. The van der Waals surface area contributed by atoms with E-state index in [0.717, 1.165) is 23.4 Å². The molecule has 2 amide bonds. The van der Waals surface area contributed by atoms with Gasteiger partial charge in [0.25, 0.3) is 5.91 Å². The average molecular weight is 496 g/mol. The summed E-state index contributed by atoms with van der Waals surface area (Å²) in [7, 11) is 3.37. The molecule has 1 aliphatic rings. The smallest absolute Gasteiger partial charge is 0.257 e. The van der Waals surface area contributed by atoms with Crippen molar-refractivity contribution in [1.82, 2.24) is 15.0 Å². The van der Waals surface area contributed by atoms with Gasteiger partial charge in [0.1, 0.15) is 17.2 Å². The van der Waals surface area contributed by atoms with Gasteiger partial charge in [-0.2, -0.15) is 0 Å². The first-order valence-corrected chi connectivity index (χ1v) is 12.2. The van der Waals surface area contributed by atoms with E-state index in [2.05, 4.69) is 5.16 Å². The molecule has 35 heavy (non-hydrogen) atoms. The van der Waals surface area contributed by atoms with Crippen LogP contribution in [0.25, 0.3) is 11.3 Å². The summed E-state index contributed by atoms with van der Waals surface area (Å²) >= 11 is 6.08. The maximum absolute atomic E-state index is 13.0. The van der Waals surface area contributed by atoms with Crippen LogP contribution in [0.3, 0.4) is 0 Å². The SMILES string of the molecule is COc1ccc(Cl)cc1C(=O)N1CCC(C(=O)N(C)CCCc2cc(-c3ccccc3)no2)CC1. The highest BCUT2D eigenvalue weighted by molar-refractivity contribution is 6.31. The van der Waals surface area contributed by atoms with Crippen LogP contribution in [0.5, 0.6) is 5.75 Å². The number of amides is 2. The molecule has 7 nitrogen and oxygen atoms in total. The van der Waals surface area contributed by atoms with Gasteiger partial charge in [0.2, 0.25) is 5.91 Å². The Morgan fingerprint density at radius 3 is 2.60 bits per heavy atom. The predicted molar refractivity (Wildman–Crippen MR) is 135 cm³/mol. The number of nitrogens with zero attached hydrogens (tertiary/aromatic N) is 3. The van der Waals surface area contributed by atoms with Crippen molar-refractivity contribution in [3.63, 3.8) is 0 Å². The summed E-state index contributed by atoms with van der Waals surface area (Å²) in [6, 6.07) is 16.9. The Morgan fingerprint density at radius 2 is 1.89 bits per heavy atom. The van der Waals surface area contributed by atoms with Crippen molar-refractivity contribution in [3.05, 3.63) is 70.9 Å². The predicted octanol–water partition coefficient (Wildman–Crippen LogP) is 4.95. The number of carbonyl (C=O) groups is 2. The van der Waals surface area contributed by atoms with E-state index in [1.54, 1.807) is 28.0 Å². The molecule has 1 saturated heterocycles. The van der Waals surface area contributed by atoms with Gasteiger partial charge < -0.3 is 19.1 Å². The lowest BCUT2D eigenvalue weighted by Crippen LogP contribution is -2.43. The maximum Gasteiger partial charge on any atom is 0.257 e. The van der Waals surface area contributed by atoms with Crippen LogP contribution in [0, 0.1) is 5.92 Å². The number of halogens is 1. The third-order valence-electron chi connectivity index (χ3n) is 6.44. The monoisotopic (exact) mass is 495 g/mol. The molecule has 1 fully saturated rings. The number of rotatable bonds is 8. The highest BCUT2D eigenvalue weighted by atomic mass is 35.5.